The standard InChI is InChI=1S/C9H18O3S3/c1-5-7-9(4)10-13-8(3,6-2)11-15-12-14-9/h5-7H2,1-4H3. The van der Waals surface area contributed by atoms with E-state index in [9.17, 15) is 0 Å². The summed E-state index contributed by atoms with van der Waals surface area (Å²) in [6.45, 7) is 8.27. The third kappa shape index (κ3) is 4.36. The van der Waals surface area contributed by atoms with E-state index in [4.69, 9.17) is 12.0 Å². The van der Waals surface area contributed by atoms with Crippen molar-refractivity contribution < 1.29 is 12.0 Å². The Kier molecular flexibility index (Phi) is 5.62. The minimum atomic E-state index is -0.333. The van der Waals surface area contributed by atoms with E-state index in [2.05, 4.69) is 20.8 Å². The van der Waals surface area contributed by atoms with Gasteiger partial charge in [0.15, 0.2) is 22.2 Å². The summed E-state index contributed by atoms with van der Waals surface area (Å²) in [6.07, 6.45) is 2.91. The predicted molar refractivity (Wildman–Crippen MR) is 68.0 cm³/mol. The van der Waals surface area contributed by atoms with Crippen LogP contribution in [0.4, 0.5) is 0 Å². The Morgan fingerprint density at radius 3 is 2.33 bits per heavy atom. The van der Waals surface area contributed by atoms with Crippen LogP contribution in [0.25, 0.3) is 0 Å². The molecule has 0 aromatic heterocycles. The van der Waals surface area contributed by atoms with Gasteiger partial charge < -0.3 is 0 Å². The zero-order chi connectivity index (χ0) is 11.4. The van der Waals surface area contributed by atoms with Crippen molar-refractivity contribution in [3.05, 3.63) is 0 Å². The third-order valence-corrected chi connectivity index (χ3v) is 5.15. The third-order valence-electron chi connectivity index (χ3n) is 2.19. The lowest BCUT2D eigenvalue weighted by Gasteiger charge is -2.34. The first kappa shape index (κ1) is 14.0. The molecular formula is C9H18O3S3. The molecule has 1 rings (SSSR count). The van der Waals surface area contributed by atoms with Gasteiger partial charge in [-0.1, -0.05) is 20.3 Å². The van der Waals surface area contributed by atoms with E-state index in [-0.39, 0.29) is 9.87 Å². The van der Waals surface area contributed by atoms with Gasteiger partial charge in [0.25, 0.3) is 0 Å². The van der Waals surface area contributed by atoms with Crippen LogP contribution in [-0.4, -0.2) is 9.87 Å². The molecule has 0 bridgehead atoms. The second-order valence-corrected chi connectivity index (χ2v) is 6.91. The first-order chi connectivity index (χ1) is 7.04. The van der Waals surface area contributed by atoms with E-state index in [1.165, 1.54) is 24.1 Å². The van der Waals surface area contributed by atoms with Crippen molar-refractivity contribution in [1.29, 1.82) is 0 Å². The molecule has 1 aliphatic rings. The van der Waals surface area contributed by atoms with E-state index < -0.39 is 0 Å². The summed E-state index contributed by atoms with van der Waals surface area (Å²) >= 11 is 3.78. The van der Waals surface area contributed by atoms with E-state index in [1.54, 1.807) is 0 Å². The molecule has 0 saturated carbocycles. The molecule has 0 radical (unpaired) electrons. The fraction of sp³-hybridized carbons (Fsp3) is 1.00. The van der Waals surface area contributed by atoms with E-state index >= 15 is 0 Å². The van der Waals surface area contributed by atoms with Crippen molar-refractivity contribution in [2.45, 2.75) is 56.8 Å². The highest BCUT2D eigenvalue weighted by Crippen LogP contribution is 2.47. The fourth-order valence-electron chi connectivity index (χ4n) is 1.03. The van der Waals surface area contributed by atoms with Crippen molar-refractivity contribution in [2.24, 2.45) is 0 Å². The quantitative estimate of drug-likeness (QED) is 0.698. The molecule has 1 heterocycles. The fourth-order valence-corrected chi connectivity index (χ4v) is 3.34. The molecule has 0 aromatic rings. The van der Waals surface area contributed by atoms with Crippen molar-refractivity contribution in [2.75, 3.05) is 0 Å². The summed E-state index contributed by atoms with van der Waals surface area (Å²) in [7, 11) is 0. The van der Waals surface area contributed by atoms with E-state index in [0.29, 0.717) is 0 Å². The highest BCUT2D eigenvalue weighted by atomic mass is 32.2. The van der Waals surface area contributed by atoms with E-state index in [0.717, 1.165) is 31.6 Å². The Bertz CT molecular complexity index is 205. The lowest BCUT2D eigenvalue weighted by molar-refractivity contribution is 0.148. The molecule has 90 valence electrons. The number of hydrogen-bond acceptors (Lipinski definition) is 6. The molecule has 0 spiro atoms. The molecule has 1 aliphatic heterocycles. The molecule has 6 heteroatoms. The van der Waals surface area contributed by atoms with Crippen LogP contribution in [0.1, 0.15) is 47.0 Å². The molecule has 15 heavy (non-hydrogen) atoms. The number of hydrogen-bond donors (Lipinski definition) is 0. The highest BCUT2D eigenvalue weighted by Gasteiger charge is 2.36. The summed E-state index contributed by atoms with van der Waals surface area (Å²) in [4.78, 5) is -0.618. The predicted octanol–water partition coefficient (Wildman–Crippen LogP) is 4.55. The zero-order valence-electron chi connectivity index (χ0n) is 9.57. The Hall–Kier alpha value is 0.930. The maximum Gasteiger partial charge on any atom is 0.173 e. The topological polar surface area (TPSA) is 27.7 Å². The molecule has 2 atom stereocenters. The van der Waals surface area contributed by atoms with Gasteiger partial charge in [-0.25, -0.2) is 3.63 Å². The minimum Gasteiger partial charge on any atom is -0.293 e. The monoisotopic (exact) mass is 270 g/mol. The van der Waals surface area contributed by atoms with Gasteiger partial charge in [-0.2, -0.15) is 0 Å². The molecule has 0 amide bonds. The first-order valence-corrected chi connectivity index (χ1v) is 7.25. The Morgan fingerprint density at radius 2 is 1.73 bits per heavy atom. The second-order valence-electron chi connectivity index (χ2n) is 3.84. The number of rotatable bonds is 3. The van der Waals surface area contributed by atoms with Gasteiger partial charge in [0.2, 0.25) is 0 Å². The lowest BCUT2D eigenvalue weighted by Crippen LogP contribution is -2.29. The summed E-state index contributed by atoms with van der Waals surface area (Å²) in [6, 6.07) is 0. The largest absolute Gasteiger partial charge is 0.293 e. The summed E-state index contributed by atoms with van der Waals surface area (Å²) in [5, 5.41) is 0. The second kappa shape index (κ2) is 6.02. The van der Waals surface area contributed by atoms with Crippen LogP contribution < -0.4 is 0 Å². The van der Waals surface area contributed by atoms with Crippen LogP contribution >= 0.6 is 36.4 Å². The van der Waals surface area contributed by atoms with Crippen LogP contribution in [0.2, 0.25) is 0 Å². The van der Waals surface area contributed by atoms with Gasteiger partial charge in [-0.3, -0.25) is 8.37 Å². The Balaban J connectivity index is 2.58. The Labute approximate surface area is 105 Å². The maximum absolute atomic E-state index is 5.83. The van der Waals surface area contributed by atoms with Crippen LogP contribution in [0, 0.1) is 0 Å². The first-order valence-electron chi connectivity index (χ1n) is 5.10. The molecule has 3 nitrogen and oxygen atoms in total. The van der Waals surface area contributed by atoms with Crippen LogP contribution in [0.5, 0.6) is 0 Å². The molecule has 0 aromatic carbocycles. The van der Waals surface area contributed by atoms with Gasteiger partial charge in [-0.05, 0) is 26.7 Å². The average Bonchev–Trinajstić information content (AvgIpc) is 2.21. The smallest absolute Gasteiger partial charge is 0.173 e. The summed E-state index contributed by atoms with van der Waals surface area (Å²) in [5.74, 6) is 0. The molecular weight excluding hydrogens is 252 g/mol. The maximum atomic E-state index is 5.83. The summed E-state index contributed by atoms with van der Waals surface area (Å²) in [5.41, 5.74) is 0. The van der Waals surface area contributed by atoms with Crippen molar-refractivity contribution >= 4 is 36.4 Å². The zero-order valence-corrected chi connectivity index (χ0v) is 12.0. The van der Waals surface area contributed by atoms with Gasteiger partial charge in [0, 0.05) is 24.1 Å². The van der Waals surface area contributed by atoms with Gasteiger partial charge in [0.05, 0.1) is 0 Å². The van der Waals surface area contributed by atoms with Gasteiger partial charge in [-0.15, -0.1) is 0 Å². The van der Waals surface area contributed by atoms with Crippen LogP contribution in [0.15, 0.2) is 0 Å². The van der Waals surface area contributed by atoms with Gasteiger partial charge >= 0.3 is 0 Å². The SMILES string of the molecule is CCCC1(C)OSC(C)(CC)OSOS1. The minimum absolute atomic E-state index is 0.285. The molecule has 0 aliphatic carbocycles. The molecule has 2 unspecified atom stereocenters. The average molecular weight is 270 g/mol. The lowest BCUT2D eigenvalue weighted by atomic mass is 10.2. The molecule has 0 N–H and O–H groups in total. The van der Waals surface area contributed by atoms with E-state index in [1.807, 2.05) is 6.92 Å². The van der Waals surface area contributed by atoms with Crippen LogP contribution in [0.3, 0.4) is 0 Å². The molecule has 1 saturated heterocycles. The highest BCUT2D eigenvalue weighted by molar-refractivity contribution is 8.07. The van der Waals surface area contributed by atoms with Crippen molar-refractivity contribution in [3.63, 3.8) is 0 Å². The Morgan fingerprint density at radius 1 is 1.00 bits per heavy atom. The normalized spacial score (nSPS) is 38.4. The summed E-state index contributed by atoms with van der Waals surface area (Å²) < 4.78 is 16.6. The van der Waals surface area contributed by atoms with Crippen LogP contribution in [-0.2, 0) is 12.0 Å². The van der Waals surface area contributed by atoms with Crippen molar-refractivity contribution in [1.82, 2.24) is 0 Å². The van der Waals surface area contributed by atoms with Gasteiger partial charge in [0.1, 0.15) is 0 Å². The molecule has 1 fully saturated rings. The van der Waals surface area contributed by atoms with Crippen molar-refractivity contribution in [3.8, 4) is 0 Å².